The van der Waals surface area contributed by atoms with E-state index in [1.54, 1.807) is 4.90 Å². The van der Waals surface area contributed by atoms with Crippen LogP contribution in [0.2, 0.25) is 0 Å². The zero-order chi connectivity index (χ0) is 28.5. The van der Waals surface area contributed by atoms with Gasteiger partial charge in [-0.15, -0.1) is 0 Å². The molecule has 40 heavy (non-hydrogen) atoms. The molecule has 2 aromatic rings. The normalized spacial score (nSPS) is 31.2. The fourth-order valence-corrected chi connectivity index (χ4v) is 7.29. The Morgan fingerprint density at radius 2 is 1.70 bits per heavy atom. The average Bonchev–Trinajstić information content (AvgIpc) is 3.48. The summed E-state index contributed by atoms with van der Waals surface area (Å²) in [5.74, 6) is -2.42. The van der Waals surface area contributed by atoms with Crippen LogP contribution in [0.3, 0.4) is 0 Å². The lowest BCUT2D eigenvalue weighted by Gasteiger charge is -2.37. The molecule has 3 aliphatic heterocycles. The summed E-state index contributed by atoms with van der Waals surface area (Å²) in [6.07, 6.45) is 2.62. The summed E-state index contributed by atoms with van der Waals surface area (Å²) in [5.41, 5.74) is -0.107. The van der Waals surface area contributed by atoms with Crippen LogP contribution >= 0.6 is 0 Å². The van der Waals surface area contributed by atoms with Gasteiger partial charge in [0, 0.05) is 13.1 Å². The topological polar surface area (TPSA) is 108 Å². The van der Waals surface area contributed by atoms with Crippen LogP contribution in [-0.4, -0.2) is 64.2 Å². The Labute approximate surface area is 236 Å². The van der Waals surface area contributed by atoms with Gasteiger partial charge in [0.25, 0.3) is 0 Å². The number of hydrogen-bond donors (Lipinski definition) is 3. The van der Waals surface area contributed by atoms with Crippen molar-refractivity contribution in [2.75, 3.05) is 13.2 Å². The van der Waals surface area contributed by atoms with Crippen LogP contribution in [-0.2, 0) is 32.1 Å². The minimum atomic E-state index is -1.14. The summed E-state index contributed by atoms with van der Waals surface area (Å²) in [4.78, 5) is 43.7. The lowest BCUT2D eigenvalue weighted by atomic mass is 9.62. The lowest BCUT2D eigenvalue weighted by molar-refractivity contribution is -0.150. The summed E-state index contributed by atoms with van der Waals surface area (Å²) in [6, 6.07) is 17.7. The Hall–Kier alpha value is -3.23. The fraction of sp³-hybridized carbons (Fsp3) is 0.531. The number of amides is 3. The van der Waals surface area contributed by atoms with E-state index in [0.29, 0.717) is 25.9 Å². The van der Waals surface area contributed by atoms with Gasteiger partial charge >= 0.3 is 0 Å². The number of aliphatic hydroxyl groups excluding tert-OH is 1. The molecule has 8 nitrogen and oxygen atoms in total. The van der Waals surface area contributed by atoms with Gasteiger partial charge in [-0.1, -0.05) is 80.9 Å². The first kappa shape index (κ1) is 28.3. The van der Waals surface area contributed by atoms with Gasteiger partial charge in [0.1, 0.15) is 11.6 Å². The van der Waals surface area contributed by atoms with Crippen molar-refractivity contribution in [3.63, 3.8) is 0 Å². The molecule has 8 heteroatoms. The number of aliphatic hydroxyl groups is 1. The molecule has 7 atom stereocenters. The molecule has 2 aromatic carbocycles. The number of carbonyl (C=O) groups is 3. The number of benzene rings is 2. The van der Waals surface area contributed by atoms with Crippen LogP contribution in [0.25, 0.3) is 0 Å². The molecule has 0 radical (unpaired) electrons. The van der Waals surface area contributed by atoms with Gasteiger partial charge in [0.15, 0.2) is 0 Å². The smallest absolute Gasteiger partial charge is 0.245 e. The highest BCUT2D eigenvalue weighted by atomic mass is 16.5. The van der Waals surface area contributed by atoms with Crippen LogP contribution in [0.1, 0.15) is 51.2 Å². The predicted molar refractivity (Wildman–Crippen MR) is 151 cm³/mol. The van der Waals surface area contributed by atoms with E-state index in [1.165, 1.54) is 0 Å². The van der Waals surface area contributed by atoms with E-state index in [4.69, 9.17) is 4.74 Å². The van der Waals surface area contributed by atoms with Gasteiger partial charge in [-0.3, -0.25) is 14.4 Å². The van der Waals surface area contributed by atoms with Crippen LogP contribution < -0.4 is 10.6 Å². The highest BCUT2D eigenvalue weighted by molar-refractivity contribution is 5.99. The molecule has 3 heterocycles. The Morgan fingerprint density at radius 1 is 1.05 bits per heavy atom. The van der Waals surface area contributed by atoms with Gasteiger partial charge in [-0.25, -0.2) is 0 Å². The molecule has 3 aliphatic rings. The molecular weight excluding hydrogens is 506 g/mol. The number of nitrogens with zero attached hydrogens (tertiary/aromatic N) is 1. The molecule has 3 N–H and O–H groups in total. The number of carbonyl (C=O) groups excluding carboxylic acids is 3. The van der Waals surface area contributed by atoms with Crippen LogP contribution in [0.5, 0.6) is 0 Å². The second-order valence-electron chi connectivity index (χ2n) is 11.8. The van der Waals surface area contributed by atoms with Crippen molar-refractivity contribution in [1.29, 1.82) is 0 Å². The fourth-order valence-electron chi connectivity index (χ4n) is 7.29. The van der Waals surface area contributed by atoms with E-state index < -0.39 is 35.1 Å². The SMILES string of the molecule is CCCCNC(=O)C1N([C@@H](CO)Cc2ccccc2)C(=O)[C@@H]2[C@@H](C(=O)NCc3ccccc3)[C@]3(C)OC12CC3C. The van der Waals surface area contributed by atoms with E-state index in [0.717, 1.165) is 24.0 Å². The zero-order valence-corrected chi connectivity index (χ0v) is 23.6. The summed E-state index contributed by atoms with van der Waals surface area (Å²) < 4.78 is 6.79. The maximum Gasteiger partial charge on any atom is 0.245 e. The van der Waals surface area contributed by atoms with Crippen molar-refractivity contribution in [2.45, 2.75) is 76.3 Å². The highest BCUT2D eigenvalue weighted by Crippen LogP contribution is 2.65. The molecule has 0 aromatic heterocycles. The van der Waals surface area contributed by atoms with E-state index in [9.17, 15) is 19.5 Å². The maximum absolute atomic E-state index is 14.4. The molecule has 3 fully saturated rings. The molecule has 3 unspecified atom stereocenters. The van der Waals surface area contributed by atoms with E-state index >= 15 is 0 Å². The second-order valence-corrected chi connectivity index (χ2v) is 11.8. The maximum atomic E-state index is 14.4. The minimum absolute atomic E-state index is 0.0448. The average molecular weight is 548 g/mol. The highest BCUT2D eigenvalue weighted by Gasteiger charge is 2.80. The first-order valence-electron chi connectivity index (χ1n) is 14.5. The van der Waals surface area contributed by atoms with Gasteiger partial charge in [0.2, 0.25) is 17.7 Å². The largest absolute Gasteiger partial charge is 0.394 e. The van der Waals surface area contributed by atoms with Crippen LogP contribution in [0.4, 0.5) is 0 Å². The Bertz CT molecular complexity index is 1220. The molecule has 0 saturated carbocycles. The third kappa shape index (κ3) is 4.71. The molecule has 5 rings (SSSR count). The molecular formula is C32H41N3O5. The number of nitrogens with one attached hydrogen (secondary N) is 2. The Balaban J connectivity index is 1.51. The number of hydrogen-bond acceptors (Lipinski definition) is 5. The van der Waals surface area contributed by atoms with Crippen molar-refractivity contribution in [3.8, 4) is 0 Å². The Morgan fingerprint density at radius 3 is 2.33 bits per heavy atom. The third-order valence-corrected chi connectivity index (χ3v) is 9.34. The van der Waals surface area contributed by atoms with Gasteiger partial charge < -0.3 is 25.4 Å². The monoisotopic (exact) mass is 547 g/mol. The second kappa shape index (κ2) is 11.3. The van der Waals surface area contributed by atoms with E-state index in [1.807, 2.05) is 74.5 Å². The molecule has 1 spiro atoms. The number of likely N-dealkylation sites (tertiary alicyclic amines) is 1. The predicted octanol–water partition coefficient (Wildman–Crippen LogP) is 2.83. The van der Waals surface area contributed by atoms with Gasteiger partial charge in [-0.2, -0.15) is 0 Å². The summed E-state index contributed by atoms with van der Waals surface area (Å²) >= 11 is 0. The van der Waals surface area contributed by atoms with Gasteiger partial charge in [0.05, 0.1) is 30.1 Å². The minimum Gasteiger partial charge on any atom is -0.394 e. The lowest BCUT2D eigenvalue weighted by Crippen LogP contribution is -2.58. The van der Waals surface area contributed by atoms with E-state index in [2.05, 4.69) is 17.6 Å². The quantitative estimate of drug-likeness (QED) is 0.375. The molecule has 3 amide bonds. The molecule has 2 bridgehead atoms. The number of ether oxygens (including phenoxy) is 1. The first-order chi connectivity index (χ1) is 19.3. The summed E-state index contributed by atoms with van der Waals surface area (Å²) in [6.45, 7) is 6.53. The van der Waals surface area contributed by atoms with Crippen molar-refractivity contribution in [2.24, 2.45) is 17.8 Å². The van der Waals surface area contributed by atoms with Crippen LogP contribution in [0.15, 0.2) is 60.7 Å². The zero-order valence-electron chi connectivity index (χ0n) is 23.6. The van der Waals surface area contributed by atoms with Crippen molar-refractivity contribution in [1.82, 2.24) is 15.5 Å². The number of unbranched alkanes of at least 4 members (excludes halogenated alkanes) is 1. The summed E-state index contributed by atoms with van der Waals surface area (Å²) in [7, 11) is 0. The van der Waals surface area contributed by atoms with Gasteiger partial charge in [-0.05, 0) is 43.2 Å². The first-order valence-corrected chi connectivity index (χ1v) is 14.5. The third-order valence-electron chi connectivity index (χ3n) is 9.34. The van der Waals surface area contributed by atoms with Crippen molar-refractivity contribution in [3.05, 3.63) is 71.8 Å². The number of fused-ring (bicyclic) bond motifs is 1. The summed E-state index contributed by atoms with van der Waals surface area (Å²) in [5, 5.41) is 16.6. The molecule has 0 aliphatic carbocycles. The number of rotatable bonds is 11. The van der Waals surface area contributed by atoms with Crippen LogP contribution in [0, 0.1) is 17.8 Å². The standard InChI is InChI=1S/C32H41N3O5/c1-4-5-16-33-29(38)27-32-18-21(2)31(3,40-32)25(28(37)34-19-23-14-10-7-11-15-23)26(32)30(39)35(27)24(20-36)17-22-12-8-6-9-13-22/h6-15,21,24-27,36H,4-5,16-20H2,1-3H3,(H,33,38)(H,34,37)/t21?,24-,25+,26+,27?,31-,32?/m1/s1. The Kier molecular flexibility index (Phi) is 8.02. The molecule has 214 valence electrons. The van der Waals surface area contributed by atoms with E-state index in [-0.39, 0.29) is 30.2 Å². The van der Waals surface area contributed by atoms with Crippen molar-refractivity contribution < 1.29 is 24.2 Å². The van der Waals surface area contributed by atoms with Crippen molar-refractivity contribution >= 4 is 17.7 Å². The molecule has 3 saturated heterocycles.